The summed E-state index contributed by atoms with van der Waals surface area (Å²) in [5.74, 6) is -1.22. The van der Waals surface area contributed by atoms with Gasteiger partial charge < -0.3 is 10.5 Å². The Morgan fingerprint density at radius 3 is 1.95 bits per heavy atom. The second-order valence-corrected chi connectivity index (χ2v) is 10.4. The second-order valence-electron chi connectivity index (χ2n) is 9.28. The highest BCUT2D eigenvalue weighted by Gasteiger charge is 2.33. The van der Waals surface area contributed by atoms with E-state index >= 15 is 0 Å². The van der Waals surface area contributed by atoms with E-state index < -0.39 is 17.7 Å². The summed E-state index contributed by atoms with van der Waals surface area (Å²) in [7, 11) is 0. The van der Waals surface area contributed by atoms with Gasteiger partial charge in [0.25, 0.3) is 0 Å². The number of thiophene rings is 1. The maximum atomic E-state index is 14.4. The molecule has 0 amide bonds. The number of carbonyl (C=O) groups excluding carboxylic acids is 1. The molecule has 0 aliphatic carbocycles. The lowest BCUT2D eigenvalue weighted by Crippen LogP contribution is -2.52. The number of nitrogens with two attached hydrogens (primary N) is 1. The van der Waals surface area contributed by atoms with Crippen molar-refractivity contribution in [3.05, 3.63) is 119 Å². The summed E-state index contributed by atoms with van der Waals surface area (Å²) in [6, 6.07) is 27.4. The van der Waals surface area contributed by atoms with Gasteiger partial charge in [-0.15, -0.1) is 11.3 Å². The molecule has 4 nitrogen and oxygen atoms in total. The van der Waals surface area contributed by atoms with Gasteiger partial charge >= 0.3 is 0 Å². The average molecular weight is 518 g/mol. The summed E-state index contributed by atoms with van der Waals surface area (Å²) in [6.45, 7) is 3.09. The van der Waals surface area contributed by atoms with Crippen molar-refractivity contribution < 1.29 is 13.6 Å². The monoisotopic (exact) mass is 517 g/mol. The summed E-state index contributed by atoms with van der Waals surface area (Å²) in [6.07, 6.45) is 0.783. The maximum Gasteiger partial charge on any atom is 0.138 e. The molecule has 1 aliphatic heterocycles. The first-order chi connectivity index (χ1) is 18.0. The maximum absolute atomic E-state index is 14.4. The highest BCUT2D eigenvalue weighted by atomic mass is 32.1. The van der Waals surface area contributed by atoms with Crippen molar-refractivity contribution in [1.29, 1.82) is 0 Å². The van der Waals surface area contributed by atoms with Crippen molar-refractivity contribution in [1.82, 2.24) is 9.80 Å². The minimum absolute atomic E-state index is 0.137. The van der Waals surface area contributed by atoms with Crippen LogP contribution < -0.4 is 5.73 Å². The van der Waals surface area contributed by atoms with Gasteiger partial charge in [-0.1, -0.05) is 60.7 Å². The summed E-state index contributed by atoms with van der Waals surface area (Å²) in [5, 5.41) is 0. The third-order valence-electron chi connectivity index (χ3n) is 6.97. The number of halogens is 2. The van der Waals surface area contributed by atoms with E-state index in [-0.39, 0.29) is 12.1 Å². The molecule has 5 rings (SSSR count). The number of nitrogens with zero attached hydrogens (tertiary/aromatic N) is 2. The molecule has 1 aliphatic rings. The molecule has 190 valence electrons. The Morgan fingerprint density at radius 1 is 0.784 bits per heavy atom. The third-order valence-corrected chi connectivity index (χ3v) is 8.16. The summed E-state index contributed by atoms with van der Waals surface area (Å²) < 4.78 is 27.8. The van der Waals surface area contributed by atoms with E-state index in [1.165, 1.54) is 34.6 Å². The first kappa shape index (κ1) is 25.4. The largest absolute Gasteiger partial charge is 0.320 e. The van der Waals surface area contributed by atoms with Gasteiger partial charge in [0.1, 0.15) is 17.9 Å². The molecule has 3 aromatic carbocycles. The molecular weight excluding hydrogens is 488 g/mol. The molecule has 1 aromatic heterocycles. The van der Waals surface area contributed by atoms with Crippen molar-refractivity contribution >= 4 is 17.6 Å². The Hall–Kier alpha value is -3.23. The van der Waals surface area contributed by atoms with E-state index in [0.717, 1.165) is 43.4 Å². The molecular formula is C30H29F2N3OS. The van der Waals surface area contributed by atoms with E-state index in [4.69, 9.17) is 5.73 Å². The number of benzene rings is 3. The fourth-order valence-electron chi connectivity index (χ4n) is 5.19. The highest BCUT2D eigenvalue weighted by molar-refractivity contribution is 7.15. The average Bonchev–Trinajstić information content (AvgIpc) is 3.40. The predicted molar refractivity (Wildman–Crippen MR) is 144 cm³/mol. The van der Waals surface area contributed by atoms with Crippen LogP contribution in [0.3, 0.4) is 0 Å². The standard InChI is InChI=1S/C30H29F2N3OS/c31-23-11-12-24(25(32)19-23)27-13-14-28(37-27)30(26(33)20-36)35-17-15-34(16-18-35)29(21-7-3-1-4-8-21)22-9-5-2-6-10-22/h1-14,19-20,26,29-30H,15-18,33H2. The lowest BCUT2D eigenvalue weighted by molar-refractivity contribution is -0.110. The number of hydrogen-bond donors (Lipinski definition) is 1. The minimum atomic E-state index is -0.713. The first-order valence-corrected chi connectivity index (χ1v) is 13.2. The smallest absolute Gasteiger partial charge is 0.138 e. The highest BCUT2D eigenvalue weighted by Crippen LogP contribution is 2.37. The summed E-state index contributed by atoms with van der Waals surface area (Å²) in [4.78, 5) is 18.1. The van der Waals surface area contributed by atoms with Gasteiger partial charge in [-0.05, 0) is 35.4 Å². The van der Waals surface area contributed by atoms with E-state index in [1.807, 2.05) is 24.3 Å². The fourth-order valence-corrected chi connectivity index (χ4v) is 6.42. The van der Waals surface area contributed by atoms with Crippen LogP contribution in [-0.4, -0.2) is 48.3 Å². The van der Waals surface area contributed by atoms with E-state index in [9.17, 15) is 13.6 Å². The molecule has 0 spiro atoms. The first-order valence-electron chi connectivity index (χ1n) is 12.4. The summed E-state index contributed by atoms with van der Waals surface area (Å²) >= 11 is 1.40. The van der Waals surface area contributed by atoms with Gasteiger partial charge in [0.15, 0.2) is 0 Å². The normalized spacial score (nSPS) is 16.5. The van der Waals surface area contributed by atoms with Crippen LogP contribution in [0.5, 0.6) is 0 Å². The molecule has 2 atom stereocenters. The zero-order valence-electron chi connectivity index (χ0n) is 20.3. The van der Waals surface area contributed by atoms with Crippen LogP contribution in [0.15, 0.2) is 91.0 Å². The topological polar surface area (TPSA) is 49.6 Å². The number of carbonyl (C=O) groups is 1. The SMILES string of the molecule is NC(C=O)C(c1ccc(-c2ccc(F)cc2F)s1)N1CCN(C(c2ccccc2)c2ccccc2)CC1. The Kier molecular flexibility index (Phi) is 7.86. The molecule has 0 radical (unpaired) electrons. The zero-order valence-corrected chi connectivity index (χ0v) is 21.2. The van der Waals surface area contributed by atoms with Crippen LogP contribution in [0.25, 0.3) is 10.4 Å². The van der Waals surface area contributed by atoms with Crippen LogP contribution in [0.2, 0.25) is 0 Å². The van der Waals surface area contributed by atoms with Gasteiger partial charge in [0, 0.05) is 47.6 Å². The molecule has 0 saturated carbocycles. The molecule has 4 aromatic rings. The Labute approximate surface area is 220 Å². The van der Waals surface area contributed by atoms with Crippen molar-refractivity contribution in [2.45, 2.75) is 18.1 Å². The number of rotatable bonds is 8. The van der Waals surface area contributed by atoms with Crippen LogP contribution in [0.4, 0.5) is 8.78 Å². The fraction of sp³-hybridized carbons (Fsp3) is 0.233. The van der Waals surface area contributed by atoms with Gasteiger partial charge in [-0.25, -0.2) is 8.78 Å². The third kappa shape index (κ3) is 5.55. The molecule has 0 bridgehead atoms. The number of aldehydes is 1. The van der Waals surface area contributed by atoms with E-state index in [1.54, 1.807) is 0 Å². The minimum Gasteiger partial charge on any atom is -0.320 e. The second kappa shape index (κ2) is 11.4. The van der Waals surface area contributed by atoms with Gasteiger partial charge in [-0.2, -0.15) is 0 Å². The lowest BCUT2D eigenvalue weighted by atomic mass is 9.96. The van der Waals surface area contributed by atoms with Crippen LogP contribution >= 0.6 is 11.3 Å². The van der Waals surface area contributed by atoms with Crippen molar-refractivity contribution in [2.24, 2.45) is 5.73 Å². The Bertz CT molecular complexity index is 1280. The van der Waals surface area contributed by atoms with Crippen LogP contribution in [0, 0.1) is 11.6 Å². The van der Waals surface area contributed by atoms with E-state index in [0.29, 0.717) is 10.4 Å². The van der Waals surface area contributed by atoms with Crippen molar-refractivity contribution in [3.63, 3.8) is 0 Å². The van der Waals surface area contributed by atoms with Crippen LogP contribution in [-0.2, 0) is 4.79 Å². The number of piperazine rings is 1. The Morgan fingerprint density at radius 2 is 1.38 bits per heavy atom. The predicted octanol–water partition coefficient (Wildman–Crippen LogP) is 5.67. The number of hydrogen-bond acceptors (Lipinski definition) is 5. The molecule has 37 heavy (non-hydrogen) atoms. The van der Waals surface area contributed by atoms with Crippen molar-refractivity contribution in [3.8, 4) is 10.4 Å². The molecule has 2 unspecified atom stereocenters. The van der Waals surface area contributed by atoms with Gasteiger partial charge in [0.2, 0.25) is 0 Å². The molecule has 1 saturated heterocycles. The van der Waals surface area contributed by atoms with Crippen LogP contribution in [0.1, 0.15) is 28.1 Å². The Balaban J connectivity index is 1.37. The molecule has 2 heterocycles. The van der Waals surface area contributed by atoms with Gasteiger partial charge in [0.05, 0.1) is 18.1 Å². The molecule has 7 heteroatoms. The van der Waals surface area contributed by atoms with E-state index in [2.05, 4.69) is 58.3 Å². The molecule has 1 fully saturated rings. The summed E-state index contributed by atoms with van der Waals surface area (Å²) in [5.41, 5.74) is 9.14. The van der Waals surface area contributed by atoms with Gasteiger partial charge in [-0.3, -0.25) is 9.80 Å². The lowest BCUT2D eigenvalue weighted by Gasteiger charge is -2.43. The molecule has 2 N–H and O–H groups in total. The zero-order chi connectivity index (χ0) is 25.8. The van der Waals surface area contributed by atoms with Crippen molar-refractivity contribution in [2.75, 3.05) is 26.2 Å². The quantitative estimate of drug-likeness (QED) is 0.306.